The van der Waals surface area contributed by atoms with Crippen molar-refractivity contribution in [2.75, 3.05) is 19.1 Å². The van der Waals surface area contributed by atoms with E-state index in [1.54, 1.807) is 25.2 Å². The van der Waals surface area contributed by atoms with E-state index in [0.29, 0.717) is 17.9 Å². The van der Waals surface area contributed by atoms with E-state index in [1.807, 2.05) is 12.1 Å². The van der Waals surface area contributed by atoms with Gasteiger partial charge in [0.15, 0.2) is 11.5 Å². The van der Waals surface area contributed by atoms with Crippen molar-refractivity contribution in [3.8, 4) is 11.5 Å². The van der Waals surface area contributed by atoms with E-state index in [1.165, 1.54) is 0 Å². The zero-order valence-corrected chi connectivity index (χ0v) is 11.6. The van der Waals surface area contributed by atoms with Gasteiger partial charge in [-0.3, -0.25) is 4.90 Å². The quantitative estimate of drug-likeness (QED) is 0.792. The summed E-state index contributed by atoms with van der Waals surface area (Å²) in [6, 6.07) is 3.81. The number of hydrogen-bond acceptors (Lipinski definition) is 4. The van der Waals surface area contributed by atoms with Crippen LogP contribution in [-0.2, 0) is 11.2 Å². The molecule has 1 amide bonds. The number of anilines is 1. The number of hydrogen-bond donors (Lipinski definition) is 0. The summed E-state index contributed by atoms with van der Waals surface area (Å²) in [4.78, 5) is 13.8. The summed E-state index contributed by atoms with van der Waals surface area (Å²) in [5.41, 5.74) is 1.93. The number of ether oxygens (including phenoxy) is 3. The number of nitrogens with zero attached hydrogens (tertiary/aromatic N) is 1. The minimum Gasteiger partial charge on any atom is -0.493 e. The van der Waals surface area contributed by atoms with Crippen LogP contribution in [0.1, 0.15) is 12.0 Å². The van der Waals surface area contributed by atoms with Gasteiger partial charge in [0.25, 0.3) is 0 Å². The van der Waals surface area contributed by atoms with E-state index in [4.69, 9.17) is 14.2 Å². The molecule has 5 heteroatoms. The van der Waals surface area contributed by atoms with Gasteiger partial charge < -0.3 is 14.2 Å². The molecule has 2 atom stereocenters. The number of carbonyl (C=O) groups excluding carboxylic acids is 1. The van der Waals surface area contributed by atoms with Crippen LogP contribution in [0.15, 0.2) is 24.8 Å². The lowest BCUT2D eigenvalue weighted by molar-refractivity contribution is 0.133. The van der Waals surface area contributed by atoms with Crippen molar-refractivity contribution < 1.29 is 19.0 Å². The van der Waals surface area contributed by atoms with Crippen molar-refractivity contribution in [1.29, 1.82) is 0 Å². The highest BCUT2D eigenvalue weighted by atomic mass is 16.6. The topological polar surface area (TPSA) is 48.0 Å². The Kier molecular flexibility index (Phi) is 3.04. The summed E-state index contributed by atoms with van der Waals surface area (Å²) in [6.45, 7) is 3.72. The molecule has 2 aliphatic rings. The number of cyclic esters (lactones) is 1. The van der Waals surface area contributed by atoms with Gasteiger partial charge in [0.2, 0.25) is 0 Å². The summed E-state index contributed by atoms with van der Waals surface area (Å²) in [7, 11) is 3.19. The lowest BCUT2D eigenvalue weighted by atomic mass is 10.0. The van der Waals surface area contributed by atoms with Crippen LogP contribution in [0.25, 0.3) is 0 Å². The Labute approximate surface area is 117 Å². The Balaban J connectivity index is 2.01. The molecule has 2 heterocycles. The molecular weight excluding hydrogens is 258 g/mol. The van der Waals surface area contributed by atoms with Gasteiger partial charge >= 0.3 is 6.09 Å². The molecule has 0 spiro atoms. The molecule has 1 aromatic carbocycles. The highest BCUT2D eigenvalue weighted by Crippen LogP contribution is 2.44. The minimum atomic E-state index is -0.298. The van der Waals surface area contributed by atoms with Gasteiger partial charge in [0.1, 0.15) is 6.10 Å². The largest absolute Gasteiger partial charge is 0.493 e. The fraction of sp³-hybridized carbons (Fsp3) is 0.400. The molecule has 1 unspecified atom stereocenters. The third-order valence-electron chi connectivity index (χ3n) is 3.88. The summed E-state index contributed by atoms with van der Waals surface area (Å²) in [6.07, 6.45) is 2.78. The standard InChI is InChI=1S/C15H17NO4/c1-4-5-12-11-6-9-7-13(18-2)14(19-3)8-10(9)16(11)15(17)20-12/h4,7-8,11-12H,1,5-6H2,2-3H3/t11-,12?/m1/s1. The number of benzene rings is 1. The van der Waals surface area contributed by atoms with Crippen molar-refractivity contribution in [3.63, 3.8) is 0 Å². The zero-order chi connectivity index (χ0) is 14.3. The van der Waals surface area contributed by atoms with Crippen LogP contribution in [0, 0.1) is 0 Å². The molecule has 0 N–H and O–H groups in total. The van der Waals surface area contributed by atoms with Crippen LogP contribution in [0.5, 0.6) is 11.5 Å². The highest BCUT2D eigenvalue weighted by Gasteiger charge is 2.47. The highest BCUT2D eigenvalue weighted by molar-refractivity contribution is 5.94. The van der Waals surface area contributed by atoms with E-state index < -0.39 is 0 Å². The van der Waals surface area contributed by atoms with E-state index in [2.05, 4.69) is 6.58 Å². The normalized spacial score (nSPS) is 23.1. The molecular formula is C15H17NO4. The van der Waals surface area contributed by atoms with Gasteiger partial charge in [-0.25, -0.2) is 4.79 Å². The number of fused-ring (bicyclic) bond motifs is 3. The number of methoxy groups -OCH3 is 2. The average Bonchev–Trinajstić information content (AvgIpc) is 2.96. The molecule has 3 rings (SSSR count). The van der Waals surface area contributed by atoms with Crippen molar-refractivity contribution in [2.24, 2.45) is 0 Å². The lowest BCUT2D eigenvalue weighted by Gasteiger charge is -2.16. The molecule has 1 aromatic rings. The predicted molar refractivity (Wildman–Crippen MR) is 74.6 cm³/mol. The van der Waals surface area contributed by atoms with E-state index in [9.17, 15) is 4.79 Å². The number of rotatable bonds is 4. The summed E-state index contributed by atoms with van der Waals surface area (Å²) >= 11 is 0. The summed E-state index contributed by atoms with van der Waals surface area (Å²) in [5, 5.41) is 0. The van der Waals surface area contributed by atoms with E-state index >= 15 is 0 Å². The van der Waals surface area contributed by atoms with Crippen LogP contribution >= 0.6 is 0 Å². The van der Waals surface area contributed by atoms with Crippen molar-refractivity contribution in [2.45, 2.75) is 25.0 Å². The molecule has 0 aliphatic carbocycles. The maximum atomic E-state index is 12.1. The minimum absolute atomic E-state index is 0.0345. The van der Waals surface area contributed by atoms with Gasteiger partial charge in [0.05, 0.1) is 25.9 Å². The Hall–Kier alpha value is -2.17. The first-order valence-corrected chi connectivity index (χ1v) is 6.55. The Bertz CT molecular complexity index is 569. The van der Waals surface area contributed by atoms with E-state index in [0.717, 1.165) is 17.7 Å². The van der Waals surface area contributed by atoms with Gasteiger partial charge in [0, 0.05) is 12.5 Å². The molecule has 1 saturated heterocycles. The summed E-state index contributed by atoms with van der Waals surface area (Å²) in [5.74, 6) is 1.30. The van der Waals surface area contributed by atoms with Crippen molar-refractivity contribution >= 4 is 11.8 Å². The molecule has 106 valence electrons. The second kappa shape index (κ2) is 4.74. The predicted octanol–water partition coefficient (Wildman–Crippen LogP) is 2.53. The van der Waals surface area contributed by atoms with Crippen molar-refractivity contribution in [3.05, 3.63) is 30.4 Å². The fourth-order valence-electron chi connectivity index (χ4n) is 2.96. The Morgan fingerprint density at radius 3 is 2.75 bits per heavy atom. The summed E-state index contributed by atoms with van der Waals surface area (Å²) < 4.78 is 16.0. The molecule has 0 aromatic heterocycles. The first-order chi connectivity index (χ1) is 9.69. The first-order valence-electron chi connectivity index (χ1n) is 6.55. The van der Waals surface area contributed by atoms with E-state index in [-0.39, 0.29) is 18.2 Å². The van der Waals surface area contributed by atoms with Gasteiger partial charge in [-0.15, -0.1) is 6.58 Å². The average molecular weight is 275 g/mol. The van der Waals surface area contributed by atoms with Gasteiger partial charge in [-0.1, -0.05) is 6.08 Å². The maximum Gasteiger partial charge on any atom is 0.415 e. The van der Waals surface area contributed by atoms with Crippen molar-refractivity contribution in [1.82, 2.24) is 0 Å². The third kappa shape index (κ3) is 1.73. The molecule has 1 fully saturated rings. The molecule has 2 aliphatic heterocycles. The Morgan fingerprint density at radius 1 is 1.40 bits per heavy atom. The SMILES string of the molecule is C=CCC1OC(=O)N2c3cc(OC)c(OC)cc3C[C@H]12. The second-order valence-corrected chi connectivity index (χ2v) is 4.92. The molecule has 20 heavy (non-hydrogen) atoms. The Morgan fingerprint density at radius 2 is 2.10 bits per heavy atom. The fourth-order valence-corrected chi connectivity index (χ4v) is 2.96. The zero-order valence-electron chi connectivity index (χ0n) is 11.6. The van der Waals surface area contributed by atoms with Crippen LogP contribution in [0.3, 0.4) is 0 Å². The first kappa shape index (κ1) is 12.8. The molecule has 0 radical (unpaired) electrons. The monoisotopic (exact) mass is 275 g/mol. The molecule has 5 nitrogen and oxygen atoms in total. The van der Waals surface area contributed by atoms with Crippen LogP contribution < -0.4 is 14.4 Å². The lowest BCUT2D eigenvalue weighted by Crippen LogP contribution is -2.33. The number of carbonyl (C=O) groups is 1. The molecule has 0 bridgehead atoms. The van der Waals surface area contributed by atoms with Gasteiger partial charge in [-0.2, -0.15) is 0 Å². The smallest absolute Gasteiger partial charge is 0.415 e. The maximum absolute atomic E-state index is 12.1. The second-order valence-electron chi connectivity index (χ2n) is 4.92. The molecule has 0 saturated carbocycles. The van der Waals surface area contributed by atoms with Crippen LogP contribution in [0.4, 0.5) is 10.5 Å². The van der Waals surface area contributed by atoms with Crippen LogP contribution in [0.2, 0.25) is 0 Å². The number of amides is 1. The third-order valence-corrected chi connectivity index (χ3v) is 3.88. The van der Waals surface area contributed by atoms with Gasteiger partial charge in [-0.05, 0) is 18.1 Å². The van der Waals surface area contributed by atoms with Crippen LogP contribution in [-0.4, -0.2) is 32.5 Å².